The monoisotopic (exact) mass is 362 g/mol. The number of esters is 1. The molecule has 4 bridgehead atoms. The first-order chi connectivity index (χ1) is 12.3. The fourth-order valence-corrected chi connectivity index (χ4v) is 6.85. The van der Waals surface area contributed by atoms with Gasteiger partial charge in [0.25, 0.3) is 0 Å². The van der Waals surface area contributed by atoms with E-state index in [1.54, 1.807) is 7.11 Å². The van der Waals surface area contributed by atoms with Gasteiger partial charge in [0, 0.05) is 18.4 Å². The number of rotatable bonds is 6. The zero-order valence-electron chi connectivity index (χ0n) is 16.8. The molecule has 0 aliphatic heterocycles. The second-order valence-corrected chi connectivity index (χ2v) is 9.94. The molecule has 0 aromatic heterocycles. The van der Waals surface area contributed by atoms with Crippen LogP contribution in [0.5, 0.6) is 0 Å². The number of hydrogen-bond acceptors (Lipinski definition) is 4. The molecule has 7 unspecified atom stereocenters. The van der Waals surface area contributed by atoms with Gasteiger partial charge in [-0.15, -0.1) is 0 Å². The van der Waals surface area contributed by atoms with Gasteiger partial charge in [0.2, 0.25) is 0 Å². The highest BCUT2D eigenvalue weighted by molar-refractivity contribution is 5.75. The van der Waals surface area contributed by atoms with Crippen LogP contribution in [-0.4, -0.2) is 26.0 Å². The Labute approximate surface area is 157 Å². The van der Waals surface area contributed by atoms with Gasteiger partial charge in [-0.25, -0.2) is 0 Å². The largest absolute Gasteiger partial charge is 0.472 e. The van der Waals surface area contributed by atoms with Crippen molar-refractivity contribution >= 4 is 5.97 Å². The van der Waals surface area contributed by atoms with E-state index in [1.165, 1.54) is 19.3 Å². The van der Waals surface area contributed by atoms with Crippen LogP contribution in [0.1, 0.15) is 59.3 Å². The summed E-state index contributed by atoms with van der Waals surface area (Å²) >= 11 is 0. The van der Waals surface area contributed by atoms with E-state index in [0.29, 0.717) is 23.5 Å². The van der Waals surface area contributed by atoms with E-state index >= 15 is 0 Å². The summed E-state index contributed by atoms with van der Waals surface area (Å²) < 4.78 is 16.9. The quantitative estimate of drug-likeness (QED) is 0.395. The fourth-order valence-electron chi connectivity index (χ4n) is 6.85. The van der Waals surface area contributed by atoms with E-state index < -0.39 is 0 Å². The summed E-state index contributed by atoms with van der Waals surface area (Å²) in [6.45, 7) is 11.4. The third-order valence-electron chi connectivity index (χ3n) is 8.89. The zero-order valence-corrected chi connectivity index (χ0v) is 16.8. The van der Waals surface area contributed by atoms with Crippen LogP contribution in [0.2, 0.25) is 0 Å². The number of hydrogen-bond donors (Lipinski definition) is 0. The lowest BCUT2D eigenvalue weighted by atomic mass is 9.70. The molecule has 4 nitrogen and oxygen atoms in total. The minimum absolute atomic E-state index is 0.000980. The van der Waals surface area contributed by atoms with Crippen molar-refractivity contribution in [1.82, 2.24) is 0 Å². The highest BCUT2D eigenvalue weighted by Crippen LogP contribution is 2.66. The van der Waals surface area contributed by atoms with E-state index in [0.717, 1.165) is 19.3 Å². The lowest BCUT2D eigenvalue weighted by Gasteiger charge is -2.39. The molecule has 4 heteroatoms. The Hall–Kier alpha value is -1.03. The van der Waals surface area contributed by atoms with Crippen molar-refractivity contribution in [1.29, 1.82) is 0 Å². The summed E-state index contributed by atoms with van der Waals surface area (Å²) in [7, 11) is 1.61. The molecule has 0 N–H and O–H groups in total. The van der Waals surface area contributed by atoms with Crippen molar-refractivity contribution in [2.75, 3.05) is 13.9 Å². The van der Waals surface area contributed by atoms with Crippen molar-refractivity contribution < 1.29 is 19.0 Å². The van der Waals surface area contributed by atoms with Gasteiger partial charge < -0.3 is 14.2 Å². The van der Waals surface area contributed by atoms with Crippen LogP contribution >= 0.6 is 0 Å². The predicted molar refractivity (Wildman–Crippen MR) is 99.0 cm³/mol. The lowest BCUT2D eigenvalue weighted by Crippen LogP contribution is -2.41. The predicted octanol–water partition coefficient (Wildman–Crippen LogP) is 4.54. The van der Waals surface area contributed by atoms with Gasteiger partial charge in [-0.1, -0.05) is 27.4 Å². The average molecular weight is 363 g/mol. The Bertz CT molecular complexity index is 597. The summed E-state index contributed by atoms with van der Waals surface area (Å²) in [5.41, 5.74) is 0.376. The molecule has 0 aromatic rings. The molecule has 4 fully saturated rings. The molecule has 7 atom stereocenters. The maximum absolute atomic E-state index is 13.3. The van der Waals surface area contributed by atoms with Crippen LogP contribution in [0.25, 0.3) is 0 Å². The van der Waals surface area contributed by atoms with E-state index in [-0.39, 0.29) is 41.5 Å². The highest BCUT2D eigenvalue weighted by Gasteiger charge is 2.63. The fraction of sp³-hybridized carbons (Fsp3) is 0.864. The summed E-state index contributed by atoms with van der Waals surface area (Å²) in [6.07, 6.45) is 6.95. The highest BCUT2D eigenvalue weighted by atomic mass is 16.7. The molecule has 4 aliphatic carbocycles. The molecular weight excluding hydrogens is 328 g/mol. The van der Waals surface area contributed by atoms with Gasteiger partial charge in [-0.2, -0.15) is 0 Å². The number of carbonyl (C=O) groups is 1. The first-order valence-electron chi connectivity index (χ1n) is 10.3. The second-order valence-electron chi connectivity index (χ2n) is 9.94. The molecule has 0 radical (unpaired) electrons. The third-order valence-corrected chi connectivity index (χ3v) is 8.89. The van der Waals surface area contributed by atoms with Crippen LogP contribution in [0, 0.1) is 40.4 Å². The van der Waals surface area contributed by atoms with Gasteiger partial charge in [0.05, 0.1) is 11.7 Å². The van der Waals surface area contributed by atoms with Crippen molar-refractivity contribution in [2.45, 2.75) is 65.4 Å². The molecule has 0 heterocycles. The average Bonchev–Trinajstić information content (AvgIpc) is 3.30. The van der Waals surface area contributed by atoms with Gasteiger partial charge in [-0.3, -0.25) is 4.79 Å². The minimum Gasteiger partial charge on any atom is -0.472 e. The molecular formula is C22H34O4. The van der Waals surface area contributed by atoms with Gasteiger partial charge in [0.1, 0.15) is 6.10 Å². The maximum Gasteiger partial charge on any atom is 0.310 e. The molecule has 146 valence electrons. The van der Waals surface area contributed by atoms with E-state index in [9.17, 15) is 4.79 Å². The van der Waals surface area contributed by atoms with Crippen LogP contribution in [-0.2, 0) is 19.0 Å². The Morgan fingerprint density at radius 3 is 2.35 bits per heavy atom. The minimum atomic E-state index is -0.0797. The first kappa shape index (κ1) is 18.3. The Kier molecular flexibility index (Phi) is 4.41. The SMILES string of the molecule is C=C(OCOC)C1C2CCC(C2)C1C(=O)OC1CC2CCC1(C)C2(C)C. The number of carbonyl (C=O) groups excluding carboxylic acids is 1. The lowest BCUT2D eigenvalue weighted by molar-refractivity contribution is -0.166. The number of methoxy groups -OCH3 is 1. The molecule has 0 aromatic carbocycles. The second kappa shape index (κ2) is 6.25. The molecule has 4 saturated carbocycles. The first-order valence-corrected chi connectivity index (χ1v) is 10.3. The topological polar surface area (TPSA) is 44.8 Å². The van der Waals surface area contributed by atoms with Crippen LogP contribution < -0.4 is 0 Å². The molecule has 0 spiro atoms. The van der Waals surface area contributed by atoms with Crippen molar-refractivity contribution in [2.24, 2.45) is 40.4 Å². The third kappa shape index (κ3) is 2.47. The van der Waals surface area contributed by atoms with Crippen LogP contribution in [0.3, 0.4) is 0 Å². The van der Waals surface area contributed by atoms with E-state index in [1.807, 2.05) is 0 Å². The van der Waals surface area contributed by atoms with Crippen LogP contribution in [0.4, 0.5) is 0 Å². The summed E-state index contributed by atoms with van der Waals surface area (Å²) in [6, 6.07) is 0. The standard InChI is InChI=1S/C22H34O4/c1-13(25-12-24-5)18-14-6-7-15(10-14)19(18)20(23)26-17-11-16-8-9-22(17,4)21(16,2)3/h14-19H,1,6-12H2,2-5H3. The molecule has 26 heavy (non-hydrogen) atoms. The Balaban J connectivity index is 1.48. The summed E-state index contributed by atoms with van der Waals surface area (Å²) in [4.78, 5) is 13.3. The molecule has 4 rings (SSSR count). The Morgan fingerprint density at radius 1 is 1.08 bits per heavy atom. The number of ether oxygens (including phenoxy) is 3. The van der Waals surface area contributed by atoms with Crippen LogP contribution in [0.15, 0.2) is 12.3 Å². The van der Waals surface area contributed by atoms with E-state index in [2.05, 4.69) is 27.4 Å². The molecule has 4 aliphatic rings. The molecule has 0 amide bonds. The zero-order chi connectivity index (χ0) is 18.7. The number of fused-ring (bicyclic) bond motifs is 4. The summed E-state index contributed by atoms with van der Waals surface area (Å²) in [5.74, 6) is 2.34. The normalized spacial score (nSPS) is 45.1. The van der Waals surface area contributed by atoms with Gasteiger partial charge in [0.15, 0.2) is 6.79 Å². The van der Waals surface area contributed by atoms with Crippen molar-refractivity contribution in [3.05, 3.63) is 12.3 Å². The Morgan fingerprint density at radius 2 is 1.77 bits per heavy atom. The van der Waals surface area contributed by atoms with E-state index in [4.69, 9.17) is 14.2 Å². The smallest absolute Gasteiger partial charge is 0.310 e. The number of allylic oxidation sites excluding steroid dienone is 1. The maximum atomic E-state index is 13.3. The van der Waals surface area contributed by atoms with Gasteiger partial charge >= 0.3 is 5.97 Å². The van der Waals surface area contributed by atoms with Crippen molar-refractivity contribution in [3.8, 4) is 0 Å². The summed E-state index contributed by atoms with van der Waals surface area (Å²) in [5, 5.41) is 0. The van der Waals surface area contributed by atoms with Crippen molar-refractivity contribution in [3.63, 3.8) is 0 Å². The molecule has 0 saturated heterocycles. The van der Waals surface area contributed by atoms with Gasteiger partial charge in [-0.05, 0) is 61.7 Å².